The largest absolute Gasteiger partial charge is 0.376 e. The van der Waals surface area contributed by atoms with Gasteiger partial charge in [-0.25, -0.2) is 4.21 Å². The van der Waals surface area contributed by atoms with Gasteiger partial charge < -0.3 is 14.6 Å². The van der Waals surface area contributed by atoms with Crippen molar-refractivity contribution in [1.29, 1.82) is 0 Å². The molecule has 12 heavy (non-hydrogen) atoms. The molecule has 0 spiro atoms. The first kappa shape index (κ1) is 10.1. The fraction of sp³-hybridized carbons (Fsp3) is 1.00. The van der Waals surface area contributed by atoms with Gasteiger partial charge >= 0.3 is 0 Å². The molecule has 0 saturated carbocycles. The second kappa shape index (κ2) is 5.64. The summed E-state index contributed by atoms with van der Waals surface area (Å²) in [6, 6.07) is 0. The molecule has 1 aliphatic rings. The lowest BCUT2D eigenvalue weighted by atomic mass is 10.2. The van der Waals surface area contributed by atoms with Gasteiger partial charge in [-0.2, -0.15) is 0 Å². The monoisotopic (exact) mass is 193 g/mol. The van der Waals surface area contributed by atoms with E-state index in [1.54, 1.807) is 0 Å². The van der Waals surface area contributed by atoms with Crippen LogP contribution in [0.4, 0.5) is 0 Å². The maximum Gasteiger partial charge on any atom is 0.152 e. The molecule has 0 aliphatic carbocycles. The van der Waals surface area contributed by atoms with Gasteiger partial charge in [0.25, 0.3) is 0 Å². The Morgan fingerprint density at radius 3 is 3.08 bits per heavy atom. The minimum absolute atomic E-state index is 0.238. The summed E-state index contributed by atoms with van der Waals surface area (Å²) < 4.78 is 24.2. The Labute approximate surface area is 75.0 Å². The molecular weight excluding hydrogens is 178 g/mol. The molecule has 1 fully saturated rings. The van der Waals surface area contributed by atoms with E-state index in [2.05, 4.69) is 5.32 Å². The van der Waals surface area contributed by atoms with E-state index in [9.17, 15) is 4.21 Å². The average Bonchev–Trinajstić information content (AvgIpc) is 2.05. The Morgan fingerprint density at radius 2 is 2.50 bits per heavy atom. The van der Waals surface area contributed by atoms with Crippen LogP contribution in [0.1, 0.15) is 12.8 Å². The highest BCUT2D eigenvalue weighted by atomic mass is 32.2. The number of rotatable bonds is 4. The molecule has 2 atom stereocenters. The first-order valence-corrected chi connectivity index (χ1v) is 5.46. The summed E-state index contributed by atoms with van der Waals surface area (Å²) in [6.45, 7) is 2.55. The summed E-state index contributed by atoms with van der Waals surface area (Å²) in [7, 11) is 0. The lowest BCUT2D eigenvalue weighted by Crippen LogP contribution is -2.38. The van der Waals surface area contributed by atoms with Crippen molar-refractivity contribution in [3.05, 3.63) is 0 Å². The molecule has 72 valence electrons. The summed E-state index contributed by atoms with van der Waals surface area (Å²) in [5.74, 6) is 0.361. The average molecular weight is 193 g/mol. The molecule has 1 aliphatic heterocycles. The second-order valence-corrected chi connectivity index (χ2v) is 3.92. The molecular formula is C7H15NO3S. The first-order chi connectivity index (χ1) is 5.79. The second-order valence-electron chi connectivity index (χ2n) is 2.86. The highest BCUT2D eigenvalue weighted by Gasteiger charge is 2.12. The van der Waals surface area contributed by atoms with Crippen molar-refractivity contribution in [1.82, 2.24) is 5.32 Å². The van der Waals surface area contributed by atoms with Crippen LogP contribution in [-0.4, -0.2) is 40.3 Å². The van der Waals surface area contributed by atoms with E-state index in [0.29, 0.717) is 5.75 Å². The van der Waals surface area contributed by atoms with Crippen molar-refractivity contribution in [3.8, 4) is 0 Å². The van der Waals surface area contributed by atoms with Crippen molar-refractivity contribution >= 4 is 11.1 Å². The summed E-state index contributed by atoms with van der Waals surface area (Å²) in [5, 5.41) is 3.21. The summed E-state index contributed by atoms with van der Waals surface area (Å²) in [6.07, 6.45) is 1.87. The standard InChI is InChI=1S/C7H15NO3S/c9-12(10)5-1-2-7-6-8-3-4-11-7/h7-8H,1-6H2,(H,9,10). The molecule has 5 heteroatoms. The fourth-order valence-corrected chi connectivity index (χ4v) is 1.65. The summed E-state index contributed by atoms with van der Waals surface area (Å²) >= 11 is -1.65. The van der Waals surface area contributed by atoms with E-state index in [1.165, 1.54) is 0 Å². The van der Waals surface area contributed by atoms with Gasteiger partial charge in [-0.05, 0) is 12.8 Å². The van der Waals surface area contributed by atoms with Crippen molar-refractivity contribution in [2.75, 3.05) is 25.4 Å². The van der Waals surface area contributed by atoms with Crippen LogP contribution in [0.25, 0.3) is 0 Å². The Kier molecular flexibility index (Phi) is 4.75. The van der Waals surface area contributed by atoms with E-state index in [0.717, 1.165) is 32.5 Å². The van der Waals surface area contributed by atoms with E-state index >= 15 is 0 Å². The minimum Gasteiger partial charge on any atom is -0.376 e. The third kappa shape index (κ3) is 4.15. The highest BCUT2D eigenvalue weighted by molar-refractivity contribution is 7.79. The van der Waals surface area contributed by atoms with Crippen LogP contribution >= 0.6 is 0 Å². The molecule has 1 heterocycles. The molecule has 0 bridgehead atoms. The number of ether oxygens (including phenoxy) is 1. The fourth-order valence-electron chi connectivity index (χ4n) is 1.24. The van der Waals surface area contributed by atoms with Gasteiger partial charge in [-0.3, -0.25) is 0 Å². The molecule has 1 saturated heterocycles. The molecule has 0 radical (unpaired) electrons. The van der Waals surface area contributed by atoms with Gasteiger partial charge in [0.15, 0.2) is 11.1 Å². The molecule has 2 N–H and O–H groups in total. The maximum atomic E-state index is 10.3. The van der Waals surface area contributed by atoms with Crippen molar-refractivity contribution in [2.24, 2.45) is 0 Å². The van der Waals surface area contributed by atoms with Crippen LogP contribution in [0, 0.1) is 0 Å². The normalized spacial score (nSPS) is 26.9. The Bertz CT molecular complexity index is 148. The van der Waals surface area contributed by atoms with Crippen LogP contribution in [0.15, 0.2) is 0 Å². The SMILES string of the molecule is O=S(O)CCCC1CNCCO1. The van der Waals surface area contributed by atoms with Gasteiger partial charge in [0.1, 0.15) is 0 Å². The molecule has 0 aromatic carbocycles. The molecule has 4 nitrogen and oxygen atoms in total. The van der Waals surface area contributed by atoms with Gasteiger partial charge in [0.05, 0.1) is 12.7 Å². The zero-order chi connectivity index (χ0) is 8.81. The maximum absolute atomic E-state index is 10.3. The Balaban J connectivity index is 2.01. The van der Waals surface area contributed by atoms with Crippen LogP contribution in [0.5, 0.6) is 0 Å². The molecule has 0 amide bonds. The van der Waals surface area contributed by atoms with Crippen LogP contribution < -0.4 is 5.32 Å². The smallest absolute Gasteiger partial charge is 0.152 e. The molecule has 2 unspecified atom stereocenters. The van der Waals surface area contributed by atoms with Gasteiger partial charge in [-0.15, -0.1) is 0 Å². The number of nitrogens with one attached hydrogen (secondary N) is 1. The number of hydrogen-bond acceptors (Lipinski definition) is 3. The molecule has 1 rings (SSSR count). The van der Waals surface area contributed by atoms with Crippen LogP contribution in [0.2, 0.25) is 0 Å². The highest BCUT2D eigenvalue weighted by Crippen LogP contribution is 2.04. The third-order valence-electron chi connectivity index (χ3n) is 1.85. The Hall–Kier alpha value is 0.0300. The van der Waals surface area contributed by atoms with Gasteiger partial charge in [0.2, 0.25) is 0 Å². The van der Waals surface area contributed by atoms with Crippen LogP contribution in [-0.2, 0) is 15.8 Å². The van der Waals surface area contributed by atoms with Gasteiger partial charge in [-0.1, -0.05) is 0 Å². The van der Waals surface area contributed by atoms with E-state index in [4.69, 9.17) is 9.29 Å². The number of morpholine rings is 1. The Morgan fingerprint density at radius 1 is 1.67 bits per heavy atom. The third-order valence-corrected chi connectivity index (χ3v) is 2.49. The topological polar surface area (TPSA) is 58.6 Å². The summed E-state index contributed by atoms with van der Waals surface area (Å²) in [5.41, 5.74) is 0. The van der Waals surface area contributed by atoms with E-state index in [-0.39, 0.29) is 6.10 Å². The quantitative estimate of drug-likeness (QED) is 0.616. The lowest BCUT2D eigenvalue weighted by Gasteiger charge is -2.23. The predicted octanol–water partition coefficient (Wildman–Crippen LogP) is -0.0233. The zero-order valence-electron chi connectivity index (χ0n) is 6.99. The van der Waals surface area contributed by atoms with Crippen molar-refractivity contribution < 1.29 is 13.5 Å². The van der Waals surface area contributed by atoms with E-state index in [1.807, 2.05) is 0 Å². The van der Waals surface area contributed by atoms with Crippen LogP contribution in [0.3, 0.4) is 0 Å². The minimum atomic E-state index is -1.65. The molecule has 0 aromatic heterocycles. The van der Waals surface area contributed by atoms with Gasteiger partial charge in [0, 0.05) is 18.8 Å². The number of hydrogen-bond donors (Lipinski definition) is 2. The predicted molar refractivity (Wildman–Crippen MR) is 47.5 cm³/mol. The zero-order valence-corrected chi connectivity index (χ0v) is 7.81. The summed E-state index contributed by atoms with van der Waals surface area (Å²) in [4.78, 5) is 0. The van der Waals surface area contributed by atoms with Crippen molar-refractivity contribution in [3.63, 3.8) is 0 Å². The first-order valence-electron chi connectivity index (χ1n) is 4.19. The van der Waals surface area contributed by atoms with Crippen molar-refractivity contribution in [2.45, 2.75) is 18.9 Å². The lowest BCUT2D eigenvalue weighted by molar-refractivity contribution is 0.0233. The van der Waals surface area contributed by atoms with E-state index < -0.39 is 11.1 Å². The molecule has 0 aromatic rings.